The SMILES string of the molecule is COC(=O)C(C)CN(C)Cc1ncon1. The molecule has 1 aromatic heterocycles. The summed E-state index contributed by atoms with van der Waals surface area (Å²) in [7, 11) is 3.27. The molecule has 0 fully saturated rings. The van der Waals surface area contributed by atoms with E-state index in [9.17, 15) is 4.79 Å². The van der Waals surface area contributed by atoms with Crippen LogP contribution in [0.15, 0.2) is 10.9 Å². The standard InChI is InChI=1S/C9H15N3O3/c1-7(9(13)14-3)4-12(2)5-8-10-6-15-11-8/h6-7H,4-5H2,1-3H3. The molecule has 1 rings (SSSR count). The van der Waals surface area contributed by atoms with Crippen LogP contribution in [0, 0.1) is 5.92 Å². The summed E-state index contributed by atoms with van der Waals surface area (Å²) in [6, 6.07) is 0. The topological polar surface area (TPSA) is 68.5 Å². The third kappa shape index (κ3) is 3.67. The molecule has 0 radical (unpaired) electrons. The minimum Gasteiger partial charge on any atom is -0.469 e. The summed E-state index contributed by atoms with van der Waals surface area (Å²) in [4.78, 5) is 17.0. The summed E-state index contributed by atoms with van der Waals surface area (Å²) in [5.74, 6) is 0.233. The molecule has 84 valence electrons. The summed E-state index contributed by atoms with van der Waals surface area (Å²) in [5, 5.41) is 3.68. The first-order chi connectivity index (χ1) is 7.13. The number of ether oxygens (including phenoxy) is 1. The van der Waals surface area contributed by atoms with E-state index < -0.39 is 0 Å². The lowest BCUT2D eigenvalue weighted by Crippen LogP contribution is -2.29. The molecule has 0 N–H and O–H groups in total. The molecular weight excluding hydrogens is 198 g/mol. The maximum Gasteiger partial charge on any atom is 0.309 e. The minimum atomic E-state index is -0.213. The molecule has 1 aromatic rings. The molecule has 15 heavy (non-hydrogen) atoms. The van der Waals surface area contributed by atoms with E-state index in [2.05, 4.69) is 19.4 Å². The third-order valence-electron chi connectivity index (χ3n) is 2.01. The van der Waals surface area contributed by atoms with Gasteiger partial charge in [-0.15, -0.1) is 0 Å². The lowest BCUT2D eigenvalue weighted by molar-refractivity contribution is -0.145. The molecule has 6 heteroatoms. The molecule has 6 nitrogen and oxygen atoms in total. The highest BCUT2D eigenvalue weighted by atomic mass is 16.5. The van der Waals surface area contributed by atoms with Crippen LogP contribution in [0.1, 0.15) is 12.7 Å². The zero-order valence-corrected chi connectivity index (χ0v) is 9.14. The first kappa shape index (κ1) is 11.6. The molecular formula is C9H15N3O3. The van der Waals surface area contributed by atoms with Gasteiger partial charge < -0.3 is 9.26 Å². The zero-order valence-electron chi connectivity index (χ0n) is 9.14. The van der Waals surface area contributed by atoms with Crippen molar-refractivity contribution in [3.8, 4) is 0 Å². The lowest BCUT2D eigenvalue weighted by atomic mass is 10.2. The fourth-order valence-corrected chi connectivity index (χ4v) is 1.31. The average Bonchev–Trinajstić information content (AvgIpc) is 2.68. The molecule has 0 bridgehead atoms. The van der Waals surface area contributed by atoms with Crippen LogP contribution in [0.25, 0.3) is 0 Å². The molecule has 0 saturated heterocycles. The summed E-state index contributed by atoms with van der Waals surface area (Å²) in [6.07, 6.45) is 1.28. The average molecular weight is 213 g/mol. The minimum absolute atomic E-state index is 0.160. The number of rotatable bonds is 5. The van der Waals surface area contributed by atoms with Crippen molar-refractivity contribution < 1.29 is 14.1 Å². The second kappa shape index (κ2) is 5.45. The Balaban J connectivity index is 2.35. The normalized spacial score (nSPS) is 12.8. The molecule has 0 spiro atoms. The van der Waals surface area contributed by atoms with Crippen molar-refractivity contribution >= 4 is 5.97 Å². The van der Waals surface area contributed by atoms with Crippen molar-refractivity contribution in [3.63, 3.8) is 0 Å². The second-order valence-corrected chi connectivity index (χ2v) is 3.47. The molecule has 0 aliphatic rings. The number of hydrogen-bond acceptors (Lipinski definition) is 6. The number of methoxy groups -OCH3 is 1. The van der Waals surface area contributed by atoms with Gasteiger partial charge in [0.05, 0.1) is 19.6 Å². The van der Waals surface area contributed by atoms with Gasteiger partial charge in [-0.1, -0.05) is 12.1 Å². The van der Waals surface area contributed by atoms with Gasteiger partial charge in [-0.3, -0.25) is 9.69 Å². The number of hydrogen-bond donors (Lipinski definition) is 0. The van der Waals surface area contributed by atoms with E-state index >= 15 is 0 Å². The number of aromatic nitrogens is 2. The second-order valence-electron chi connectivity index (χ2n) is 3.47. The van der Waals surface area contributed by atoms with Crippen LogP contribution in [0.2, 0.25) is 0 Å². The van der Waals surface area contributed by atoms with E-state index in [1.165, 1.54) is 13.5 Å². The van der Waals surface area contributed by atoms with Crippen LogP contribution in [-0.2, 0) is 16.1 Å². The van der Waals surface area contributed by atoms with E-state index in [-0.39, 0.29) is 11.9 Å². The van der Waals surface area contributed by atoms with E-state index in [1.807, 2.05) is 18.9 Å². The quantitative estimate of drug-likeness (QED) is 0.656. The largest absolute Gasteiger partial charge is 0.469 e. The Hall–Kier alpha value is -1.43. The van der Waals surface area contributed by atoms with Gasteiger partial charge in [0.25, 0.3) is 0 Å². The zero-order chi connectivity index (χ0) is 11.3. The van der Waals surface area contributed by atoms with Crippen molar-refractivity contribution in [2.45, 2.75) is 13.5 Å². The van der Waals surface area contributed by atoms with Gasteiger partial charge >= 0.3 is 5.97 Å². The van der Waals surface area contributed by atoms with Crippen molar-refractivity contribution in [2.75, 3.05) is 20.7 Å². The van der Waals surface area contributed by atoms with Gasteiger partial charge in [0.15, 0.2) is 5.82 Å². The van der Waals surface area contributed by atoms with Gasteiger partial charge in [-0.05, 0) is 7.05 Å². The Morgan fingerprint density at radius 2 is 2.47 bits per heavy atom. The first-order valence-corrected chi connectivity index (χ1v) is 4.65. The van der Waals surface area contributed by atoms with Gasteiger partial charge in [0, 0.05) is 6.54 Å². The Kier molecular flexibility index (Phi) is 4.23. The van der Waals surface area contributed by atoms with Crippen molar-refractivity contribution in [1.82, 2.24) is 15.0 Å². The highest BCUT2D eigenvalue weighted by molar-refractivity contribution is 5.71. The van der Waals surface area contributed by atoms with E-state index in [0.29, 0.717) is 18.9 Å². The maximum atomic E-state index is 11.2. The summed E-state index contributed by atoms with van der Waals surface area (Å²) < 4.78 is 9.24. The predicted octanol–water partition coefficient (Wildman–Crippen LogP) is 0.310. The number of nitrogens with zero attached hydrogens (tertiary/aromatic N) is 3. The number of carbonyl (C=O) groups is 1. The van der Waals surface area contributed by atoms with Crippen LogP contribution in [0.5, 0.6) is 0 Å². The van der Waals surface area contributed by atoms with Crippen LogP contribution in [0.3, 0.4) is 0 Å². The van der Waals surface area contributed by atoms with Crippen LogP contribution < -0.4 is 0 Å². The Bertz CT molecular complexity index is 300. The van der Waals surface area contributed by atoms with Gasteiger partial charge in [0.1, 0.15) is 0 Å². The van der Waals surface area contributed by atoms with Crippen molar-refractivity contribution in [3.05, 3.63) is 12.2 Å². The molecule has 0 amide bonds. The molecule has 0 aromatic carbocycles. The molecule has 1 atom stereocenters. The summed E-state index contributed by atoms with van der Waals surface area (Å²) in [6.45, 7) is 2.97. The number of esters is 1. The molecule has 0 saturated carbocycles. The van der Waals surface area contributed by atoms with E-state index in [4.69, 9.17) is 0 Å². The fraction of sp³-hybridized carbons (Fsp3) is 0.667. The Morgan fingerprint density at radius 3 is 3.00 bits per heavy atom. The van der Waals surface area contributed by atoms with Crippen LogP contribution in [-0.4, -0.2) is 41.7 Å². The van der Waals surface area contributed by atoms with Crippen LogP contribution in [0.4, 0.5) is 0 Å². The molecule has 1 heterocycles. The van der Waals surface area contributed by atoms with E-state index in [0.717, 1.165) is 0 Å². The predicted molar refractivity (Wildman–Crippen MR) is 51.8 cm³/mol. The molecule has 0 aliphatic heterocycles. The van der Waals surface area contributed by atoms with Crippen molar-refractivity contribution in [2.24, 2.45) is 5.92 Å². The van der Waals surface area contributed by atoms with Crippen LogP contribution >= 0.6 is 0 Å². The van der Waals surface area contributed by atoms with Gasteiger partial charge in [-0.2, -0.15) is 4.98 Å². The van der Waals surface area contributed by atoms with Crippen molar-refractivity contribution in [1.29, 1.82) is 0 Å². The maximum absolute atomic E-state index is 11.2. The highest BCUT2D eigenvalue weighted by Gasteiger charge is 2.16. The first-order valence-electron chi connectivity index (χ1n) is 4.65. The third-order valence-corrected chi connectivity index (χ3v) is 2.01. The smallest absolute Gasteiger partial charge is 0.309 e. The Labute approximate surface area is 88.2 Å². The van der Waals surface area contributed by atoms with Gasteiger partial charge in [-0.25, -0.2) is 0 Å². The molecule has 1 unspecified atom stereocenters. The Morgan fingerprint density at radius 1 is 1.73 bits per heavy atom. The monoisotopic (exact) mass is 213 g/mol. The molecule has 0 aliphatic carbocycles. The summed E-state index contributed by atoms with van der Waals surface area (Å²) >= 11 is 0. The van der Waals surface area contributed by atoms with Gasteiger partial charge in [0.2, 0.25) is 6.39 Å². The number of carbonyl (C=O) groups excluding carboxylic acids is 1. The lowest BCUT2D eigenvalue weighted by Gasteiger charge is -2.17. The fourth-order valence-electron chi connectivity index (χ4n) is 1.31. The highest BCUT2D eigenvalue weighted by Crippen LogP contribution is 2.03. The van der Waals surface area contributed by atoms with E-state index in [1.54, 1.807) is 0 Å². The summed E-state index contributed by atoms with van der Waals surface area (Å²) in [5.41, 5.74) is 0.